The minimum Gasteiger partial charge on any atom is -0.391 e. The van der Waals surface area contributed by atoms with Crippen LogP contribution in [0.4, 0.5) is 0 Å². The van der Waals surface area contributed by atoms with E-state index in [0.29, 0.717) is 18.9 Å². The van der Waals surface area contributed by atoms with Gasteiger partial charge in [-0.2, -0.15) is 0 Å². The Morgan fingerprint density at radius 2 is 0.797 bits per heavy atom. The summed E-state index contributed by atoms with van der Waals surface area (Å²) in [4.78, 5) is 24.2. The lowest BCUT2D eigenvalue weighted by Crippen LogP contribution is -2.50. The van der Waals surface area contributed by atoms with Crippen LogP contribution in [0, 0.1) is 5.92 Å². The molecule has 0 aromatic carbocycles. The molecule has 0 unspecified atom stereocenters. The van der Waals surface area contributed by atoms with Gasteiger partial charge in [0.25, 0.3) is 5.91 Å². The third-order valence-corrected chi connectivity index (χ3v) is 11.7. The number of hydrogen-bond acceptors (Lipinski definition) is 10. The number of amides is 2. The highest BCUT2D eigenvalue weighted by Gasteiger charge is 2.32. The molecular weight excluding hydrogens is 745 g/mol. The summed E-state index contributed by atoms with van der Waals surface area (Å²) >= 11 is 0. The normalized spacial score (nSPS) is 13.8. The molecule has 0 heterocycles. The first-order valence-corrected chi connectivity index (χ1v) is 24.8. The third-order valence-electron chi connectivity index (χ3n) is 11.7. The van der Waals surface area contributed by atoms with E-state index in [9.17, 15) is 30.0 Å². The number of rotatable bonds is 47. The van der Waals surface area contributed by atoms with Crippen LogP contribution in [0.3, 0.4) is 0 Å². The summed E-state index contributed by atoms with van der Waals surface area (Å²) in [5, 5.41) is 51.4. The summed E-state index contributed by atoms with van der Waals surface area (Å²) in [6, 6.07) is 0. The maximum Gasteiger partial charge on any atom is 0.251 e. The van der Waals surface area contributed by atoms with Crippen molar-refractivity contribution >= 4 is 11.8 Å². The highest BCUT2D eigenvalue weighted by molar-refractivity contribution is 5.81. The van der Waals surface area contributed by atoms with Crippen LogP contribution in [-0.4, -0.2) is 109 Å². The third kappa shape index (κ3) is 39.2. The van der Waals surface area contributed by atoms with Crippen molar-refractivity contribution in [1.82, 2.24) is 21.3 Å². The van der Waals surface area contributed by atoms with Crippen LogP contribution in [0.1, 0.15) is 206 Å². The van der Waals surface area contributed by atoms with Crippen molar-refractivity contribution in [1.29, 1.82) is 0 Å². The van der Waals surface area contributed by atoms with Gasteiger partial charge in [0.15, 0.2) is 6.10 Å². The fourth-order valence-electron chi connectivity index (χ4n) is 7.62. The molecule has 0 rings (SSSR count). The molecule has 0 spiro atoms. The molecule has 12 nitrogen and oxygen atoms in total. The van der Waals surface area contributed by atoms with Crippen LogP contribution in [0.2, 0.25) is 0 Å². The molecule has 352 valence electrons. The van der Waals surface area contributed by atoms with Crippen LogP contribution in [0.5, 0.6) is 0 Å². The first-order chi connectivity index (χ1) is 28.7. The van der Waals surface area contributed by atoms with E-state index in [0.717, 1.165) is 104 Å². The Morgan fingerprint density at radius 1 is 0.441 bits per heavy atom. The van der Waals surface area contributed by atoms with E-state index in [-0.39, 0.29) is 5.91 Å². The van der Waals surface area contributed by atoms with Gasteiger partial charge >= 0.3 is 0 Å². The van der Waals surface area contributed by atoms with Crippen LogP contribution < -0.4 is 32.7 Å². The average molecular weight is 843 g/mol. The molecule has 0 aliphatic rings. The van der Waals surface area contributed by atoms with Crippen molar-refractivity contribution in [3.05, 3.63) is 0 Å². The molecule has 0 aromatic rings. The fourth-order valence-corrected chi connectivity index (χ4v) is 7.62. The minimum absolute atomic E-state index is 0.227. The van der Waals surface area contributed by atoms with Gasteiger partial charge in [0.05, 0.1) is 6.10 Å². The van der Waals surface area contributed by atoms with Crippen molar-refractivity contribution in [2.75, 3.05) is 52.4 Å². The van der Waals surface area contributed by atoms with Gasteiger partial charge in [-0.25, -0.2) is 0 Å². The van der Waals surface area contributed by atoms with Gasteiger partial charge in [-0.15, -0.1) is 0 Å². The van der Waals surface area contributed by atoms with Crippen LogP contribution in [0.25, 0.3) is 0 Å². The summed E-state index contributed by atoms with van der Waals surface area (Å²) in [5.74, 6) is 0.162. The van der Waals surface area contributed by atoms with Gasteiger partial charge in [0.2, 0.25) is 5.91 Å². The maximum atomic E-state index is 12.3. The van der Waals surface area contributed by atoms with Gasteiger partial charge in [0.1, 0.15) is 12.2 Å². The predicted molar refractivity (Wildman–Crippen MR) is 246 cm³/mol. The first kappa shape index (κ1) is 57.6. The fraction of sp³-hybridized carbons (Fsp3) is 0.957. The predicted octanol–water partition coefficient (Wildman–Crippen LogP) is 6.49. The highest BCUT2D eigenvalue weighted by Crippen LogP contribution is 2.16. The van der Waals surface area contributed by atoms with E-state index < -0.39 is 30.3 Å². The zero-order valence-corrected chi connectivity index (χ0v) is 38.2. The number of nitrogens with two attached hydrogens (primary N) is 2. The molecule has 0 aromatic heterocycles. The number of carbonyl (C=O) groups is 2. The molecule has 0 radical (unpaired) electrons. The lowest BCUT2D eigenvalue weighted by Gasteiger charge is -2.24. The molecule has 4 atom stereocenters. The summed E-state index contributed by atoms with van der Waals surface area (Å²) in [5.41, 5.74) is 11.2. The monoisotopic (exact) mass is 843 g/mol. The Kier molecular flexibility index (Phi) is 43.6. The van der Waals surface area contributed by atoms with Gasteiger partial charge in [-0.05, 0) is 103 Å². The Hall–Kier alpha value is -1.38. The molecule has 12 heteroatoms. The average Bonchev–Trinajstić information content (AvgIpc) is 3.23. The van der Waals surface area contributed by atoms with E-state index in [1.54, 1.807) is 0 Å². The van der Waals surface area contributed by atoms with Crippen molar-refractivity contribution in [3.8, 4) is 0 Å². The second-order valence-corrected chi connectivity index (χ2v) is 17.5. The van der Waals surface area contributed by atoms with Crippen LogP contribution >= 0.6 is 0 Å². The van der Waals surface area contributed by atoms with E-state index in [4.69, 9.17) is 11.5 Å². The summed E-state index contributed by atoms with van der Waals surface area (Å²) in [6.45, 7) is 8.32. The summed E-state index contributed by atoms with van der Waals surface area (Å²) < 4.78 is 0. The molecule has 12 N–H and O–H groups in total. The van der Waals surface area contributed by atoms with Crippen LogP contribution in [0.15, 0.2) is 0 Å². The minimum atomic E-state index is -1.76. The van der Waals surface area contributed by atoms with Gasteiger partial charge in [-0.1, -0.05) is 141 Å². The SMILES string of the molecule is C[C@@H](O)[C@@H](O)[C@H](O)[C@@H](O)C(=O)NCCCCCCCCCCCCCCCCCCCCCCCC(=O)NCCCCCCC(CNCCCCN)CNCCCCN. The number of unbranched alkanes of at least 4 members (excludes halogenated alkanes) is 25. The number of carbonyl (C=O) groups excluding carboxylic acids is 2. The number of hydrogen-bond donors (Lipinski definition) is 10. The Morgan fingerprint density at radius 3 is 1.20 bits per heavy atom. The molecule has 0 aliphatic heterocycles. The lowest BCUT2D eigenvalue weighted by molar-refractivity contribution is -0.145. The Balaban J connectivity index is 3.46. The van der Waals surface area contributed by atoms with E-state index in [1.165, 1.54) is 142 Å². The first-order valence-electron chi connectivity index (χ1n) is 24.8. The molecular formula is C47H98N6O6. The topological polar surface area (TPSA) is 215 Å². The van der Waals surface area contributed by atoms with E-state index in [1.807, 2.05) is 0 Å². The number of aliphatic hydroxyl groups is 4. The molecule has 0 saturated carbocycles. The Labute approximate surface area is 362 Å². The van der Waals surface area contributed by atoms with E-state index in [2.05, 4.69) is 21.3 Å². The molecule has 2 amide bonds. The second-order valence-electron chi connectivity index (χ2n) is 17.5. The van der Waals surface area contributed by atoms with Crippen molar-refractivity contribution in [2.24, 2.45) is 17.4 Å². The van der Waals surface area contributed by atoms with Crippen molar-refractivity contribution < 1.29 is 30.0 Å². The van der Waals surface area contributed by atoms with Gasteiger partial charge in [-0.3, -0.25) is 9.59 Å². The molecule has 0 fully saturated rings. The summed E-state index contributed by atoms with van der Waals surface area (Å²) in [7, 11) is 0. The largest absolute Gasteiger partial charge is 0.391 e. The zero-order valence-electron chi connectivity index (χ0n) is 38.2. The Bertz CT molecular complexity index is 889. The van der Waals surface area contributed by atoms with Crippen molar-refractivity contribution in [2.45, 2.75) is 230 Å². The zero-order chi connectivity index (χ0) is 43.4. The highest BCUT2D eigenvalue weighted by atomic mass is 16.4. The van der Waals surface area contributed by atoms with E-state index >= 15 is 0 Å². The molecule has 0 aliphatic carbocycles. The van der Waals surface area contributed by atoms with Gasteiger partial charge < -0.3 is 53.2 Å². The number of nitrogens with one attached hydrogen (secondary N) is 4. The van der Waals surface area contributed by atoms with Gasteiger partial charge in [0, 0.05) is 19.5 Å². The molecule has 0 bridgehead atoms. The molecule has 0 saturated heterocycles. The summed E-state index contributed by atoms with van der Waals surface area (Å²) in [6.07, 6.45) is 31.2. The number of aliphatic hydroxyl groups excluding tert-OH is 4. The second kappa shape index (κ2) is 44.7. The lowest BCUT2D eigenvalue weighted by atomic mass is 10.00. The van der Waals surface area contributed by atoms with Crippen LogP contribution in [-0.2, 0) is 9.59 Å². The standard InChI is InChI=1S/C47H98N6O6/c1-41(54)44(56)45(57)46(58)47(59)53-38-28-21-18-16-14-12-10-8-6-4-2-3-5-7-9-11-13-15-17-19-24-32-43(55)52-37-27-22-20-23-31-42(39-50-35-29-25-33-48)40-51-36-30-26-34-49/h41-42,44-46,50-51,54,56-58H,2-40,48-49H2,1H3,(H,52,55)(H,53,59)/t41-,44-,45+,46-/m1/s1. The van der Waals surface area contributed by atoms with Crippen molar-refractivity contribution in [3.63, 3.8) is 0 Å². The molecule has 59 heavy (non-hydrogen) atoms. The smallest absolute Gasteiger partial charge is 0.251 e. The quantitative estimate of drug-likeness (QED) is 0.0301. The maximum absolute atomic E-state index is 12.3.